The van der Waals surface area contributed by atoms with Crippen LogP contribution in [0, 0.1) is 13.8 Å². The van der Waals surface area contributed by atoms with Crippen molar-refractivity contribution < 1.29 is 43.5 Å². The van der Waals surface area contributed by atoms with Crippen LogP contribution in [0.2, 0.25) is 0 Å². The summed E-state index contributed by atoms with van der Waals surface area (Å²) in [5.74, 6) is -2.17. The summed E-state index contributed by atoms with van der Waals surface area (Å²) in [6.45, 7) is 3.10. The topological polar surface area (TPSA) is 121 Å². The third-order valence-corrected chi connectivity index (χ3v) is 4.41. The van der Waals surface area contributed by atoms with E-state index < -0.39 is 11.9 Å². The number of hydrogen-bond donors (Lipinski definition) is 2. The Morgan fingerprint density at radius 2 is 1.28 bits per heavy atom. The van der Waals surface area contributed by atoms with E-state index in [0.717, 1.165) is 0 Å². The van der Waals surface area contributed by atoms with E-state index in [4.69, 9.17) is 23.7 Å². The number of carboxylic acid groups (broad SMARTS) is 1. The number of aromatic carboxylic acids is 1. The summed E-state index contributed by atoms with van der Waals surface area (Å²) in [5.41, 5.74) is 0.608. The predicted octanol–water partition coefficient (Wildman–Crippen LogP) is 2.96. The second kappa shape index (κ2) is 8.59. The fourth-order valence-electron chi connectivity index (χ4n) is 2.91. The average Bonchev–Trinajstić information content (AvgIpc) is 2.68. The van der Waals surface area contributed by atoms with Gasteiger partial charge >= 0.3 is 11.9 Å². The minimum Gasteiger partial charge on any atom is -0.502 e. The number of hydrogen-bond acceptors (Lipinski definition) is 8. The number of aromatic hydroxyl groups is 1. The molecule has 2 rings (SSSR count). The minimum absolute atomic E-state index is 0.00793. The highest BCUT2D eigenvalue weighted by Gasteiger charge is 2.27. The number of phenolic OH excluding ortho intramolecular Hbond substituents is 1. The summed E-state index contributed by atoms with van der Waals surface area (Å²) in [5, 5.41) is 19.5. The Morgan fingerprint density at radius 3 is 1.76 bits per heavy atom. The SMILES string of the molecule is COc1cc(C(=O)Oc2c(OC)cc(C(=O)O)c(C)c2OC)c(C)c(OC)c1O. The predicted molar refractivity (Wildman–Crippen MR) is 102 cm³/mol. The van der Waals surface area contributed by atoms with Gasteiger partial charge in [0, 0.05) is 11.1 Å². The lowest BCUT2D eigenvalue weighted by Gasteiger charge is -2.18. The summed E-state index contributed by atoms with van der Waals surface area (Å²) in [6.07, 6.45) is 0. The van der Waals surface area contributed by atoms with Gasteiger partial charge in [0.2, 0.25) is 11.5 Å². The highest BCUT2D eigenvalue weighted by atomic mass is 16.6. The molecule has 156 valence electrons. The monoisotopic (exact) mass is 406 g/mol. The van der Waals surface area contributed by atoms with Gasteiger partial charge in [0.15, 0.2) is 23.0 Å². The fraction of sp³-hybridized carbons (Fsp3) is 0.300. The molecule has 2 aromatic rings. The molecule has 9 nitrogen and oxygen atoms in total. The van der Waals surface area contributed by atoms with Crippen LogP contribution in [0.25, 0.3) is 0 Å². The number of carboxylic acids is 1. The maximum atomic E-state index is 12.9. The number of esters is 1. The molecule has 2 N–H and O–H groups in total. The summed E-state index contributed by atoms with van der Waals surface area (Å²) in [6, 6.07) is 2.56. The van der Waals surface area contributed by atoms with Crippen LogP contribution in [-0.2, 0) is 0 Å². The first-order valence-electron chi connectivity index (χ1n) is 8.37. The molecule has 0 saturated carbocycles. The summed E-state index contributed by atoms with van der Waals surface area (Å²) >= 11 is 0. The van der Waals surface area contributed by atoms with Gasteiger partial charge in [-0.25, -0.2) is 9.59 Å². The first-order valence-corrected chi connectivity index (χ1v) is 8.37. The van der Waals surface area contributed by atoms with Crippen LogP contribution in [0.1, 0.15) is 31.8 Å². The van der Waals surface area contributed by atoms with Gasteiger partial charge in [0.25, 0.3) is 0 Å². The van der Waals surface area contributed by atoms with Crippen molar-refractivity contribution in [3.8, 4) is 34.5 Å². The standard InChI is InChI=1S/C20H22O9/c1-9-11(19(22)23)7-14(26-4)18(17(9)28-6)29-20(24)12-8-13(25-3)15(21)16(27-5)10(12)2/h7-8,21H,1-6H3,(H,22,23). The summed E-state index contributed by atoms with van der Waals surface area (Å²) in [4.78, 5) is 24.4. The first kappa shape index (κ1) is 21.7. The molecule has 9 heteroatoms. The zero-order valence-electron chi connectivity index (χ0n) is 16.9. The van der Waals surface area contributed by atoms with Crippen molar-refractivity contribution in [2.45, 2.75) is 13.8 Å². The lowest BCUT2D eigenvalue weighted by molar-refractivity contribution is 0.0695. The summed E-state index contributed by atoms with van der Waals surface area (Å²) < 4.78 is 26.2. The lowest BCUT2D eigenvalue weighted by Crippen LogP contribution is -2.14. The molecular formula is C20H22O9. The second-order valence-electron chi connectivity index (χ2n) is 5.94. The van der Waals surface area contributed by atoms with Crippen LogP contribution in [0.3, 0.4) is 0 Å². The van der Waals surface area contributed by atoms with Gasteiger partial charge in [-0.05, 0) is 26.0 Å². The van der Waals surface area contributed by atoms with Crippen molar-refractivity contribution in [2.24, 2.45) is 0 Å². The Kier molecular flexibility index (Phi) is 6.42. The molecule has 0 radical (unpaired) electrons. The van der Waals surface area contributed by atoms with E-state index in [9.17, 15) is 19.8 Å². The van der Waals surface area contributed by atoms with Crippen molar-refractivity contribution in [1.29, 1.82) is 0 Å². The maximum absolute atomic E-state index is 12.9. The van der Waals surface area contributed by atoms with E-state index in [1.807, 2.05) is 0 Å². The van der Waals surface area contributed by atoms with Crippen LogP contribution < -0.4 is 23.7 Å². The molecule has 29 heavy (non-hydrogen) atoms. The highest BCUT2D eigenvalue weighted by molar-refractivity contribution is 5.96. The van der Waals surface area contributed by atoms with Gasteiger partial charge < -0.3 is 33.9 Å². The zero-order valence-corrected chi connectivity index (χ0v) is 16.9. The molecule has 0 saturated heterocycles. The van der Waals surface area contributed by atoms with E-state index in [0.29, 0.717) is 5.56 Å². The number of benzene rings is 2. The van der Waals surface area contributed by atoms with Gasteiger partial charge in [-0.15, -0.1) is 0 Å². The first-order chi connectivity index (χ1) is 13.7. The Balaban J connectivity index is 2.62. The number of phenols is 1. The molecule has 2 aromatic carbocycles. The number of rotatable bonds is 7. The lowest BCUT2D eigenvalue weighted by atomic mass is 10.0. The van der Waals surface area contributed by atoms with Crippen LogP contribution >= 0.6 is 0 Å². The Morgan fingerprint density at radius 1 is 0.759 bits per heavy atom. The second-order valence-corrected chi connectivity index (χ2v) is 5.94. The third-order valence-electron chi connectivity index (χ3n) is 4.41. The molecule has 0 aromatic heterocycles. The van der Waals surface area contributed by atoms with Gasteiger partial charge in [0.1, 0.15) is 0 Å². The summed E-state index contributed by atoms with van der Waals surface area (Å²) in [7, 11) is 5.31. The maximum Gasteiger partial charge on any atom is 0.344 e. The molecule has 0 fully saturated rings. The van der Waals surface area contributed by atoms with Crippen LogP contribution in [0.4, 0.5) is 0 Å². The molecule has 0 aliphatic heterocycles. The number of carbonyl (C=O) groups excluding carboxylic acids is 1. The molecule has 0 aliphatic rings. The molecule has 0 amide bonds. The van der Waals surface area contributed by atoms with Crippen molar-refractivity contribution >= 4 is 11.9 Å². The van der Waals surface area contributed by atoms with Crippen LogP contribution in [-0.4, -0.2) is 50.6 Å². The van der Waals surface area contributed by atoms with Crippen LogP contribution in [0.5, 0.6) is 34.5 Å². The Labute approximate surface area is 167 Å². The van der Waals surface area contributed by atoms with Crippen LogP contribution in [0.15, 0.2) is 12.1 Å². The quantitative estimate of drug-likeness (QED) is 0.528. The average molecular weight is 406 g/mol. The van der Waals surface area contributed by atoms with Crippen molar-refractivity contribution in [1.82, 2.24) is 0 Å². The zero-order chi connectivity index (χ0) is 21.9. The minimum atomic E-state index is -1.18. The van der Waals surface area contributed by atoms with E-state index in [1.54, 1.807) is 6.92 Å². The Hall–Kier alpha value is -3.62. The van der Waals surface area contributed by atoms with E-state index in [2.05, 4.69) is 0 Å². The number of methoxy groups -OCH3 is 4. The van der Waals surface area contributed by atoms with E-state index in [-0.39, 0.29) is 51.2 Å². The Bertz CT molecular complexity index is 963. The third kappa shape index (κ3) is 3.84. The number of ether oxygens (including phenoxy) is 5. The highest BCUT2D eigenvalue weighted by Crippen LogP contribution is 2.44. The van der Waals surface area contributed by atoms with Crippen molar-refractivity contribution in [2.75, 3.05) is 28.4 Å². The molecule has 0 bridgehead atoms. The van der Waals surface area contributed by atoms with E-state index in [1.165, 1.54) is 47.5 Å². The van der Waals surface area contributed by atoms with Crippen molar-refractivity contribution in [3.05, 3.63) is 34.4 Å². The van der Waals surface area contributed by atoms with Gasteiger partial charge in [-0.2, -0.15) is 0 Å². The molecule has 0 spiro atoms. The molecular weight excluding hydrogens is 384 g/mol. The number of carbonyl (C=O) groups is 2. The smallest absolute Gasteiger partial charge is 0.344 e. The van der Waals surface area contributed by atoms with Gasteiger partial charge in [-0.1, -0.05) is 0 Å². The largest absolute Gasteiger partial charge is 0.502 e. The van der Waals surface area contributed by atoms with Gasteiger partial charge in [-0.3, -0.25) is 0 Å². The molecule has 0 heterocycles. The van der Waals surface area contributed by atoms with Gasteiger partial charge in [0.05, 0.1) is 39.6 Å². The fourth-order valence-corrected chi connectivity index (χ4v) is 2.91. The molecule has 0 aliphatic carbocycles. The normalized spacial score (nSPS) is 10.3. The van der Waals surface area contributed by atoms with Crippen molar-refractivity contribution in [3.63, 3.8) is 0 Å². The molecule has 0 unspecified atom stereocenters. The van der Waals surface area contributed by atoms with E-state index >= 15 is 0 Å². The molecule has 0 atom stereocenters.